The Morgan fingerprint density at radius 2 is 1.85 bits per heavy atom. The van der Waals surface area contributed by atoms with Gasteiger partial charge in [-0.15, -0.1) is 0 Å². The van der Waals surface area contributed by atoms with Gasteiger partial charge in [-0.3, -0.25) is 9.78 Å². The molecule has 0 unspecified atom stereocenters. The molecule has 3 aromatic rings. The summed E-state index contributed by atoms with van der Waals surface area (Å²) >= 11 is 0. The van der Waals surface area contributed by atoms with E-state index in [9.17, 15) is 4.79 Å². The van der Waals surface area contributed by atoms with Gasteiger partial charge in [-0.1, -0.05) is 39.0 Å². The number of rotatable bonds is 3. The molecule has 5 heteroatoms. The van der Waals surface area contributed by atoms with Crippen molar-refractivity contribution in [3.05, 3.63) is 64.7 Å². The predicted molar refractivity (Wildman–Crippen MR) is 105 cm³/mol. The minimum absolute atomic E-state index is 0.0224. The number of nitrogens with zero attached hydrogens (tertiary/aromatic N) is 4. The van der Waals surface area contributed by atoms with Crippen molar-refractivity contribution in [2.45, 2.75) is 32.7 Å². The van der Waals surface area contributed by atoms with Crippen molar-refractivity contribution >= 4 is 16.6 Å². The Bertz CT molecular complexity index is 991. The highest BCUT2D eigenvalue weighted by Gasteiger charge is 2.29. The van der Waals surface area contributed by atoms with E-state index in [2.05, 4.69) is 47.9 Å². The molecule has 1 saturated heterocycles. The zero-order valence-electron chi connectivity index (χ0n) is 15.5. The molecule has 3 heterocycles. The largest absolute Gasteiger partial charge is 0.370 e. The molecule has 0 radical (unpaired) electrons. The summed E-state index contributed by atoms with van der Waals surface area (Å²) in [5.41, 5.74) is 3.11. The maximum absolute atomic E-state index is 12.2. The minimum Gasteiger partial charge on any atom is -0.370 e. The first-order chi connectivity index (χ1) is 12.4. The normalized spacial score (nSPS) is 15.3. The molecule has 0 amide bonds. The Labute approximate surface area is 153 Å². The molecular weight excluding hydrogens is 324 g/mol. The van der Waals surface area contributed by atoms with E-state index >= 15 is 0 Å². The monoisotopic (exact) mass is 348 g/mol. The van der Waals surface area contributed by atoms with E-state index in [-0.39, 0.29) is 11.0 Å². The Morgan fingerprint density at radius 1 is 1.08 bits per heavy atom. The molecular formula is C21H24N4O. The van der Waals surface area contributed by atoms with Crippen molar-refractivity contribution in [1.82, 2.24) is 14.8 Å². The summed E-state index contributed by atoms with van der Waals surface area (Å²) < 4.78 is 1.63. The van der Waals surface area contributed by atoms with Gasteiger partial charge in [-0.05, 0) is 18.2 Å². The molecule has 0 aliphatic carbocycles. The lowest BCUT2D eigenvalue weighted by atomic mass is 9.92. The lowest BCUT2D eigenvalue weighted by Gasteiger charge is -2.41. The Morgan fingerprint density at radius 3 is 2.62 bits per heavy atom. The van der Waals surface area contributed by atoms with E-state index in [0.29, 0.717) is 12.5 Å². The number of fused-ring (bicyclic) bond motifs is 1. The molecule has 0 N–H and O–H groups in total. The highest BCUT2D eigenvalue weighted by Crippen LogP contribution is 2.31. The number of hydrogen-bond acceptors (Lipinski definition) is 4. The number of anilines is 1. The maximum atomic E-state index is 12.2. The molecule has 5 nitrogen and oxygen atoms in total. The lowest BCUT2D eigenvalue weighted by Crippen LogP contribution is -2.50. The van der Waals surface area contributed by atoms with Crippen LogP contribution in [0.25, 0.3) is 10.9 Å². The van der Waals surface area contributed by atoms with Gasteiger partial charge in [0, 0.05) is 47.8 Å². The summed E-state index contributed by atoms with van der Waals surface area (Å²) in [4.78, 5) is 19.0. The molecule has 0 bridgehead atoms. The van der Waals surface area contributed by atoms with Gasteiger partial charge in [-0.25, -0.2) is 4.68 Å². The van der Waals surface area contributed by atoms with Gasteiger partial charge in [0.1, 0.15) is 0 Å². The van der Waals surface area contributed by atoms with Gasteiger partial charge in [0.15, 0.2) is 0 Å². The van der Waals surface area contributed by atoms with Crippen LogP contribution in [0.5, 0.6) is 0 Å². The topological polar surface area (TPSA) is 51.0 Å². The van der Waals surface area contributed by atoms with Crippen LogP contribution >= 0.6 is 0 Å². The first-order valence-electron chi connectivity index (χ1n) is 9.09. The van der Waals surface area contributed by atoms with Crippen molar-refractivity contribution in [3.63, 3.8) is 0 Å². The van der Waals surface area contributed by atoms with Crippen LogP contribution in [-0.4, -0.2) is 27.9 Å². The SMILES string of the molecule is CC(C)(C)c1ccc(=O)n(CC2CN(c3ccnc4ccccc34)C2)n1. The molecule has 2 aromatic heterocycles. The van der Waals surface area contributed by atoms with Crippen molar-refractivity contribution in [2.75, 3.05) is 18.0 Å². The number of hydrogen-bond donors (Lipinski definition) is 0. The molecule has 0 spiro atoms. The quantitative estimate of drug-likeness (QED) is 0.729. The van der Waals surface area contributed by atoms with E-state index in [4.69, 9.17) is 0 Å². The zero-order valence-corrected chi connectivity index (χ0v) is 15.5. The van der Waals surface area contributed by atoms with E-state index in [1.54, 1.807) is 10.7 Å². The number of para-hydroxylation sites is 1. The van der Waals surface area contributed by atoms with Crippen LogP contribution in [0.3, 0.4) is 0 Å². The Balaban J connectivity index is 1.50. The molecule has 1 aromatic carbocycles. The van der Waals surface area contributed by atoms with E-state index in [0.717, 1.165) is 24.3 Å². The van der Waals surface area contributed by atoms with Gasteiger partial charge in [0.2, 0.25) is 0 Å². The first-order valence-corrected chi connectivity index (χ1v) is 9.09. The molecule has 1 aliphatic rings. The fourth-order valence-corrected chi connectivity index (χ4v) is 3.46. The first kappa shape index (κ1) is 16.8. The fourth-order valence-electron chi connectivity index (χ4n) is 3.46. The summed E-state index contributed by atoms with van der Waals surface area (Å²) in [6.45, 7) is 8.88. The second-order valence-corrected chi connectivity index (χ2v) is 8.11. The van der Waals surface area contributed by atoms with Crippen LogP contribution in [0.2, 0.25) is 0 Å². The minimum atomic E-state index is -0.0585. The summed E-state index contributed by atoms with van der Waals surface area (Å²) in [7, 11) is 0. The fraction of sp³-hybridized carbons (Fsp3) is 0.381. The van der Waals surface area contributed by atoms with E-state index in [1.165, 1.54) is 11.1 Å². The Hall–Kier alpha value is -2.69. The average Bonchev–Trinajstić information content (AvgIpc) is 2.58. The van der Waals surface area contributed by atoms with Gasteiger partial charge in [0.25, 0.3) is 5.56 Å². The standard InChI is InChI=1S/C21H24N4O/c1-21(2,3)19-8-9-20(26)25(23-19)14-15-12-24(13-15)18-10-11-22-17-7-5-4-6-16(17)18/h4-11,15H,12-14H2,1-3H3. The van der Waals surface area contributed by atoms with Gasteiger partial charge in [0.05, 0.1) is 17.8 Å². The van der Waals surface area contributed by atoms with Crippen molar-refractivity contribution in [1.29, 1.82) is 0 Å². The summed E-state index contributed by atoms with van der Waals surface area (Å²) in [6.07, 6.45) is 1.86. The van der Waals surface area contributed by atoms with Crippen molar-refractivity contribution in [2.24, 2.45) is 5.92 Å². The highest BCUT2D eigenvalue weighted by atomic mass is 16.1. The second kappa shape index (κ2) is 6.24. The molecule has 1 aliphatic heterocycles. The molecule has 1 fully saturated rings. The molecule has 26 heavy (non-hydrogen) atoms. The van der Waals surface area contributed by atoms with Crippen molar-refractivity contribution in [3.8, 4) is 0 Å². The van der Waals surface area contributed by atoms with Crippen LogP contribution in [0.4, 0.5) is 5.69 Å². The number of aromatic nitrogens is 3. The molecule has 4 rings (SSSR count). The third-order valence-electron chi connectivity index (χ3n) is 4.99. The zero-order chi connectivity index (χ0) is 18.3. The summed E-state index contributed by atoms with van der Waals surface area (Å²) in [5, 5.41) is 5.77. The maximum Gasteiger partial charge on any atom is 0.266 e. The lowest BCUT2D eigenvalue weighted by molar-refractivity contribution is 0.330. The van der Waals surface area contributed by atoms with Crippen molar-refractivity contribution < 1.29 is 0 Å². The smallest absolute Gasteiger partial charge is 0.266 e. The van der Waals surface area contributed by atoms with Gasteiger partial charge < -0.3 is 4.90 Å². The van der Waals surface area contributed by atoms with Crippen LogP contribution in [0.15, 0.2) is 53.5 Å². The average molecular weight is 348 g/mol. The van der Waals surface area contributed by atoms with Gasteiger partial charge in [-0.2, -0.15) is 5.10 Å². The number of pyridine rings is 1. The molecule has 0 atom stereocenters. The summed E-state index contributed by atoms with van der Waals surface area (Å²) in [6, 6.07) is 13.8. The Kier molecular flexibility index (Phi) is 4.02. The van der Waals surface area contributed by atoms with Gasteiger partial charge >= 0.3 is 0 Å². The molecule has 134 valence electrons. The van der Waals surface area contributed by atoms with E-state index in [1.807, 2.05) is 30.5 Å². The second-order valence-electron chi connectivity index (χ2n) is 8.11. The highest BCUT2D eigenvalue weighted by molar-refractivity contribution is 5.91. The van der Waals surface area contributed by atoms with Crippen LogP contribution in [0.1, 0.15) is 26.5 Å². The van der Waals surface area contributed by atoms with Crippen LogP contribution in [-0.2, 0) is 12.0 Å². The third kappa shape index (κ3) is 3.09. The van der Waals surface area contributed by atoms with Crippen LogP contribution in [0, 0.1) is 5.92 Å². The van der Waals surface area contributed by atoms with E-state index < -0.39 is 0 Å². The predicted octanol–water partition coefficient (Wildman–Crippen LogP) is 3.23. The number of benzene rings is 1. The molecule has 0 saturated carbocycles. The van der Waals surface area contributed by atoms with Crippen LogP contribution < -0.4 is 10.5 Å². The summed E-state index contributed by atoms with van der Waals surface area (Å²) in [5.74, 6) is 0.433. The third-order valence-corrected chi connectivity index (χ3v) is 4.99.